The SMILES string of the molecule is O=C(CCc1ccc(O)c(O)c1)NC(Cc1ccc(O)c(O)c1)C(=O)O. The van der Waals surface area contributed by atoms with E-state index < -0.39 is 17.9 Å². The first-order valence-electron chi connectivity index (χ1n) is 7.80. The molecule has 0 radical (unpaired) electrons. The van der Waals surface area contributed by atoms with Crippen LogP contribution >= 0.6 is 0 Å². The van der Waals surface area contributed by atoms with Crippen LogP contribution in [0.3, 0.4) is 0 Å². The minimum Gasteiger partial charge on any atom is -0.504 e. The Labute approximate surface area is 149 Å². The van der Waals surface area contributed by atoms with E-state index in [1.54, 1.807) is 6.07 Å². The number of aromatic hydroxyl groups is 4. The van der Waals surface area contributed by atoms with E-state index in [-0.39, 0.29) is 42.3 Å². The molecule has 8 heteroatoms. The fourth-order valence-electron chi connectivity index (χ4n) is 2.38. The molecule has 0 saturated heterocycles. The predicted octanol–water partition coefficient (Wildman–Crippen LogP) is 1.25. The lowest BCUT2D eigenvalue weighted by Gasteiger charge is -2.15. The van der Waals surface area contributed by atoms with Gasteiger partial charge in [-0.05, 0) is 41.8 Å². The number of carbonyl (C=O) groups is 2. The molecule has 2 aromatic carbocycles. The lowest BCUT2D eigenvalue weighted by molar-refractivity contribution is -0.141. The number of benzene rings is 2. The van der Waals surface area contributed by atoms with Crippen LogP contribution in [-0.2, 0) is 22.4 Å². The Morgan fingerprint density at radius 3 is 1.92 bits per heavy atom. The largest absolute Gasteiger partial charge is 0.504 e. The van der Waals surface area contributed by atoms with Crippen LogP contribution in [0.15, 0.2) is 36.4 Å². The third-order valence-corrected chi connectivity index (χ3v) is 3.79. The van der Waals surface area contributed by atoms with Crippen molar-refractivity contribution < 1.29 is 35.1 Å². The minimum atomic E-state index is -1.23. The van der Waals surface area contributed by atoms with E-state index in [2.05, 4.69) is 5.32 Å². The van der Waals surface area contributed by atoms with E-state index in [4.69, 9.17) is 0 Å². The standard InChI is InChI=1S/C18H19NO7/c20-13-4-1-10(8-15(13)22)3-6-17(24)19-12(18(25)26)7-11-2-5-14(21)16(23)9-11/h1-2,4-5,8-9,12,20-23H,3,6-7H2,(H,19,24)(H,25,26). The summed E-state index contributed by atoms with van der Waals surface area (Å²) in [5, 5.41) is 49.1. The van der Waals surface area contributed by atoms with Gasteiger partial charge in [-0.25, -0.2) is 4.79 Å². The maximum Gasteiger partial charge on any atom is 0.326 e. The lowest BCUT2D eigenvalue weighted by atomic mass is 10.0. The molecule has 138 valence electrons. The molecule has 0 aliphatic rings. The van der Waals surface area contributed by atoms with Crippen molar-refractivity contribution in [1.82, 2.24) is 5.32 Å². The molecular formula is C18H19NO7. The smallest absolute Gasteiger partial charge is 0.326 e. The molecule has 2 rings (SSSR count). The molecule has 26 heavy (non-hydrogen) atoms. The summed E-state index contributed by atoms with van der Waals surface area (Å²) in [6, 6.07) is 6.92. The Morgan fingerprint density at radius 1 is 0.846 bits per heavy atom. The Hall–Kier alpha value is -3.42. The second-order valence-electron chi connectivity index (χ2n) is 5.81. The van der Waals surface area contributed by atoms with Gasteiger partial charge in [0.2, 0.25) is 5.91 Å². The van der Waals surface area contributed by atoms with Crippen LogP contribution in [0.5, 0.6) is 23.0 Å². The van der Waals surface area contributed by atoms with Gasteiger partial charge in [-0.15, -0.1) is 0 Å². The fraction of sp³-hybridized carbons (Fsp3) is 0.222. The Morgan fingerprint density at radius 2 is 1.38 bits per heavy atom. The maximum atomic E-state index is 12.0. The molecule has 1 amide bonds. The first kappa shape index (κ1) is 18.9. The van der Waals surface area contributed by atoms with Crippen molar-refractivity contribution in [3.05, 3.63) is 47.5 Å². The number of nitrogens with one attached hydrogen (secondary N) is 1. The average molecular weight is 361 g/mol. The Balaban J connectivity index is 1.95. The van der Waals surface area contributed by atoms with E-state index >= 15 is 0 Å². The second kappa shape index (κ2) is 8.11. The van der Waals surface area contributed by atoms with Gasteiger partial charge in [-0.3, -0.25) is 4.79 Å². The number of aryl methyl sites for hydroxylation is 1. The number of phenolic OH excluding ortho intramolecular Hbond substituents is 4. The monoisotopic (exact) mass is 361 g/mol. The van der Waals surface area contributed by atoms with Gasteiger partial charge in [0.05, 0.1) is 0 Å². The lowest BCUT2D eigenvalue weighted by Crippen LogP contribution is -2.42. The molecule has 0 aromatic heterocycles. The first-order chi connectivity index (χ1) is 12.3. The molecule has 0 heterocycles. The van der Waals surface area contributed by atoms with Gasteiger partial charge in [0.15, 0.2) is 23.0 Å². The topological polar surface area (TPSA) is 147 Å². The fourth-order valence-corrected chi connectivity index (χ4v) is 2.38. The molecule has 2 aromatic rings. The predicted molar refractivity (Wildman–Crippen MR) is 91.1 cm³/mol. The highest BCUT2D eigenvalue weighted by molar-refractivity contribution is 5.83. The van der Waals surface area contributed by atoms with Crippen LogP contribution in [0.2, 0.25) is 0 Å². The molecule has 0 saturated carbocycles. The number of hydrogen-bond donors (Lipinski definition) is 6. The molecular weight excluding hydrogens is 342 g/mol. The van der Waals surface area contributed by atoms with E-state index in [0.717, 1.165) is 0 Å². The molecule has 0 fully saturated rings. The molecule has 6 N–H and O–H groups in total. The van der Waals surface area contributed by atoms with Gasteiger partial charge in [0, 0.05) is 12.8 Å². The number of amides is 1. The van der Waals surface area contributed by atoms with Crippen molar-refractivity contribution >= 4 is 11.9 Å². The third-order valence-electron chi connectivity index (χ3n) is 3.79. The molecule has 0 aliphatic heterocycles. The van der Waals surface area contributed by atoms with Crippen LogP contribution in [0.4, 0.5) is 0 Å². The number of aliphatic carboxylic acids is 1. The summed E-state index contributed by atoms with van der Waals surface area (Å²) in [7, 11) is 0. The number of carboxylic acid groups (broad SMARTS) is 1. The number of hydrogen-bond acceptors (Lipinski definition) is 6. The van der Waals surface area contributed by atoms with Crippen LogP contribution in [0.1, 0.15) is 17.5 Å². The van der Waals surface area contributed by atoms with Gasteiger partial charge >= 0.3 is 5.97 Å². The first-order valence-corrected chi connectivity index (χ1v) is 7.80. The van der Waals surface area contributed by atoms with Gasteiger partial charge in [-0.1, -0.05) is 12.1 Å². The minimum absolute atomic E-state index is 0.00514. The summed E-state index contributed by atoms with van der Waals surface area (Å²) < 4.78 is 0. The highest BCUT2D eigenvalue weighted by atomic mass is 16.4. The van der Waals surface area contributed by atoms with Crippen molar-refractivity contribution in [1.29, 1.82) is 0 Å². The summed E-state index contributed by atoms with van der Waals surface area (Å²) in [5.74, 6) is -2.96. The van der Waals surface area contributed by atoms with Crippen LogP contribution < -0.4 is 5.32 Å². The van der Waals surface area contributed by atoms with Crippen molar-refractivity contribution in [2.75, 3.05) is 0 Å². The third kappa shape index (κ3) is 5.04. The highest BCUT2D eigenvalue weighted by Gasteiger charge is 2.21. The number of rotatable bonds is 7. The van der Waals surface area contributed by atoms with E-state index in [1.165, 1.54) is 30.3 Å². The zero-order chi connectivity index (χ0) is 19.3. The summed E-state index contributed by atoms with van der Waals surface area (Å²) >= 11 is 0. The summed E-state index contributed by atoms with van der Waals surface area (Å²) in [6.07, 6.45) is 0.190. The Bertz CT molecular complexity index is 819. The van der Waals surface area contributed by atoms with Gasteiger partial charge in [0.25, 0.3) is 0 Å². The zero-order valence-electron chi connectivity index (χ0n) is 13.7. The van der Waals surface area contributed by atoms with Gasteiger partial charge < -0.3 is 30.8 Å². The highest BCUT2D eigenvalue weighted by Crippen LogP contribution is 2.26. The van der Waals surface area contributed by atoms with Gasteiger partial charge in [0.1, 0.15) is 6.04 Å². The summed E-state index contributed by atoms with van der Waals surface area (Å²) in [4.78, 5) is 23.4. The van der Waals surface area contributed by atoms with E-state index in [9.17, 15) is 35.1 Å². The quantitative estimate of drug-likeness (QED) is 0.407. The summed E-state index contributed by atoms with van der Waals surface area (Å²) in [6.45, 7) is 0. The van der Waals surface area contributed by atoms with E-state index in [0.29, 0.717) is 11.1 Å². The van der Waals surface area contributed by atoms with Crippen molar-refractivity contribution in [3.63, 3.8) is 0 Å². The molecule has 0 aliphatic carbocycles. The summed E-state index contributed by atoms with van der Waals surface area (Å²) in [5.41, 5.74) is 1.06. The van der Waals surface area contributed by atoms with Crippen LogP contribution in [0.25, 0.3) is 0 Å². The van der Waals surface area contributed by atoms with Crippen LogP contribution in [-0.4, -0.2) is 43.5 Å². The van der Waals surface area contributed by atoms with Crippen LogP contribution in [0, 0.1) is 0 Å². The Kier molecular flexibility index (Phi) is 5.90. The van der Waals surface area contributed by atoms with E-state index in [1.807, 2.05) is 0 Å². The molecule has 0 spiro atoms. The normalized spacial score (nSPS) is 11.7. The van der Waals surface area contributed by atoms with Gasteiger partial charge in [-0.2, -0.15) is 0 Å². The number of carboxylic acids is 1. The molecule has 8 nitrogen and oxygen atoms in total. The van der Waals surface area contributed by atoms with Crippen molar-refractivity contribution in [3.8, 4) is 23.0 Å². The number of carbonyl (C=O) groups excluding carboxylic acids is 1. The maximum absolute atomic E-state index is 12.0. The second-order valence-corrected chi connectivity index (χ2v) is 5.81. The van der Waals surface area contributed by atoms with Crippen molar-refractivity contribution in [2.24, 2.45) is 0 Å². The molecule has 1 unspecified atom stereocenters. The number of phenols is 4. The molecule has 1 atom stereocenters. The molecule has 0 bridgehead atoms. The average Bonchev–Trinajstić information content (AvgIpc) is 2.58. The van der Waals surface area contributed by atoms with Crippen molar-refractivity contribution in [2.45, 2.75) is 25.3 Å². The zero-order valence-corrected chi connectivity index (χ0v) is 13.7.